The smallest absolute Gasteiger partial charge is 0.207 e. The van der Waals surface area contributed by atoms with Crippen molar-refractivity contribution >= 4 is 22.9 Å². The first-order valence-corrected chi connectivity index (χ1v) is 4.61. The predicted octanol–water partition coefficient (Wildman–Crippen LogP) is 1.51. The lowest BCUT2D eigenvalue weighted by Crippen LogP contribution is -1.87. The normalized spacial score (nSPS) is 10.4. The first-order valence-electron chi connectivity index (χ1n) is 3.41. The van der Waals surface area contributed by atoms with E-state index in [1.54, 1.807) is 0 Å². The van der Waals surface area contributed by atoms with Crippen LogP contribution in [-0.2, 0) is 6.42 Å². The quantitative estimate of drug-likeness (QED) is 0.736. The molecule has 0 amide bonds. The summed E-state index contributed by atoms with van der Waals surface area (Å²) in [5.74, 6) is 0. The Morgan fingerprint density at radius 3 is 2.73 bits per heavy atom. The van der Waals surface area contributed by atoms with Crippen molar-refractivity contribution in [1.29, 1.82) is 0 Å². The molecule has 0 saturated heterocycles. The predicted molar refractivity (Wildman–Crippen MR) is 44.9 cm³/mol. The van der Waals surface area contributed by atoms with Crippen LogP contribution in [0.1, 0.15) is 17.8 Å². The highest BCUT2D eigenvalue weighted by atomic mass is 35.5. The van der Waals surface area contributed by atoms with Gasteiger partial charge in [-0.15, -0.1) is 10.2 Å². The molecule has 5 heteroatoms. The SMILES string of the molecule is OCCCCc1nnc(Cl)s1. The molecule has 11 heavy (non-hydrogen) atoms. The van der Waals surface area contributed by atoms with Gasteiger partial charge in [-0.1, -0.05) is 11.3 Å². The second-order valence-corrected chi connectivity index (χ2v) is 3.77. The second-order valence-electron chi connectivity index (χ2n) is 2.13. The Bertz CT molecular complexity index is 216. The number of rotatable bonds is 4. The van der Waals surface area contributed by atoms with Gasteiger partial charge in [0, 0.05) is 13.0 Å². The van der Waals surface area contributed by atoms with Crippen LogP contribution in [0.5, 0.6) is 0 Å². The van der Waals surface area contributed by atoms with Gasteiger partial charge < -0.3 is 5.11 Å². The molecule has 0 aliphatic rings. The van der Waals surface area contributed by atoms with Crippen LogP contribution in [0.15, 0.2) is 0 Å². The largest absolute Gasteiger partial charge is 0.396 e. The lowest BCUT2D eigenvalue weighted by atomic mass is 10.2. The van der Waals surface area contributed by atoms with Crippen molar-refractivity contribution in [2.45, 2.75) is 19.3 Å². The number of aliphatic hydroxyl groups excluding tert-OH is 1. The minimum Gasteiger partial charge on any atom is -0.396 e. The Morgan fingerprint density at radius 2 is 2.18 bits per heavy atom. The van der Waals surface area contributed by atoms with Gasteiger partial charge in [-0.3, -0.25) is 0 Å². The highest BCUT2D eigenvalue weighted by Gasteiger charge is 1.99. The molecule has 1 heterocycles. The van der Waals surface area contributed by atoms with E-state index in [0.29, 0.717) is 4.47 Å². The van der Waals surface area contributed by atoms with Crippen LogP contribution in [0.25, 0.3) is 0 Å². The Labute approximate surface area is 74.0 Å². The third-order valence-electron chi connectivity index (χ3n) is 1.24. The van der Waals surface area contributed by atoms with Gasteiger partial charge in [-0.05, 0) is 24.4 Å². The summed E-state index contributed by atoms with van der Waals surface area (Å²) < 4.78 is 0.490. The zero-order valence-electron chi connectivity index (χ0n) is 5.96. The van der Waals surface area contributed by atoms with Gasteiger partial charge in [-0.25, -0.2) is 0 Å². The first kappa shape index (κ1) is 8.90. The molecule has 0 aliphatic heterocycles. The zero-order valence-corrected chi connectivity index (χ0v) is 7.53. The van der Waals surface area contributed by atoms with Crippen molar-refractivity contribution in [3.05, 3.63) is 9.47 Å². The molecule has 0 aromatic carbocycles. The zero-order chi connectivity index (χ0) is 8.10. The number of aliphatic hydroxyl groups is 1. The molecule has 0 spiro atoms. The van der Waals surface area contributed by atoms with Crippen molar-refractivity contribution < 1.29 is 5.11 Å². The van der Waals surface area contributed by atoms with E-state index in [1.165, 1.54) is 11.3 Å². The lowest BCUT2D eigenvalue weighted by molar-refractivity contribution is 0.284. The summed E-state index contributed by atoms with van der Waals surface area (Å²) in [6.07, 6.45) is 2.63. The molecule has 0 aliphatic carbocycles. The van der Waals surface area contributed by atoms with Crippen molar-refractivity contribution in [1.82, 2.24) is 10.2 Å². The van der Waals surface area contributed by atoms with Crippen LogP contribution in [-0.4, -0.2) is 21.9 Å². The molecule has 3 nitrogen and oxygen atoms in total. The fourth-order valence-corrected chi connectivity index (χ4v) is 1.63. The van der Waals surface area contributed by atoms with Crippen LogP contribution >= 0.6 is 22.9 Å². The Hall–Kier alpha value is -0.190. The third kappa shape index (κ3) is 3.14. The molecule has 0 bridgehead atoms. The molecular formula is C6H9ClN2OS. The number of unbranched alkanes of at least 4 members (excludes halogenated alkanes) is 1. The highest BCUT2D eigenvalue weighted by molar-refractivity contribution is 7.15. The van der Waals surface area contributed by atoms with Gasteiger partial charge in [-0.2, -0.15) is 0 Å². The molecule has 1 rings (SSSR count). The van der Waals surface area contributed by atoms with E-state index in [0.717, 1.165) is 24.3 Å². The minimum absolute atomic E-state index is 0.243. The maximum Gasteiger partial charge on any atom is 0.207 e. The summed E-state index contributed by atoms with van der Waals surface area (Å²) in [7, 11) is 0. The molecule has 0 atom stereocenters. The van der Waals surface area contributed by atoms with E-state index in [2.05, 4.69) is 10.2 Å². The molecule has 0 radical (unpaired) electrons. The molecule has 1 N–H and O–H groups in total. The number of aryl methyl sites for hydroxylation is 1. The van der Waals surface area contributed by atoms with Crippen LogP contribution in [0, 0.1) is 0 Å². The van der Waals surface area contributed by atoms with Gasteiger partial charge in [0.2, 0.25) is 4.47 Å². The van der Waals surface area contributed by atoms with Crippen molar-refractivity contribution in [2.24, 2.45) is 0 Å². The molecule has 0 saturated carbocycles. The Morgan fingerprint density at radius 1 is 1.36 bits per heavy atom. The lowest BCUT2D eigenvalue weighted by Gasteiger charge is -1.91. The summed E-state index contributed by atoms with van der Waals surface area (Å²) in [5, 5.41) is 16.9. The Kier molecular flexibility index (Phi) is 3.76. The molecule has 0 unspecified atom stereocenters. The monoisotopic (exact) mass is 192 g/mol. The van der Waals surface area contributed by atoms with Crippen molar-refractivity contribution in [3.63, 3.8) is 0 Å². The topological polar surface area (TPSA) is 46.0 Å². The van der Waals surface area contributed by atoms with Gasteiger partial charge in [0.25, 0.3) is 0 Å². The van der Waals surface area contributed by atoms with Crippen LogP contribution in [0.2, 0.25) is 4.47 Å². The average molecular weight is 193 g/mol. The van der Waals surface area contributed by atoms with E-state index in [9.17, 15) is 0 Å². The number of aromatic nitrogens is 2. The summed E-state index contributed by atoms with van der Waals surface area (Å²) in [5.41, 5.74) is 0. The molecular weight excluding hydrogens is 184 g/mol. The molecule has 62 valence electrons. The molecule has 0 fully saturated rings. The van der Waals surface area contributed by atoms with Crippen molar-refractivity contribution in [2.75, 3.05) is 6.61 Å². The minimum atomic E-state index is 0.243. The van der Waals surface area contributed by atoms with E-state index in [4.69, 9.17) is 16.7 Å². The number of halogens is 1. The van der Waals surface area contributed by atoms with E-state index in [1.807, 2.05) is 0 Å². The maximum atomic E-state index is 8.49. The van der Waals surface area contributed by atoms with Crippen LogP contribution < -0.4 is 0 Å². The fraction of sp³-hybridized carbons (Fsp3) is 0.667. The van der Waals surface area contributed by atoms with E-state index < -0.39 is 0 Å². The summed E-state index contributed by atoms with van der Waals surface area (Å²) in [4.78, 5) is 0. The van der Waals surface area contributed by atoms with Crippen LogP contribution in [0.3, 0.4) is 0 Å². The molecule has 1 aromatic heterocycles. The van der Waals surface area contributed by atoms with Gasteiger partial charge in [0.1, 0.15) is 5.01 Å². The van der Waals surface area contributed by atoms with E-state index in [-0.39, 0.29) is 6.61 Å². The van der Waals surface area contributed by atoms with Gasteiger partial charge in [0.15, 0.2) is 0 Å². The second kappa shape index (κ2) is 4.64. The highest BCUT2D eigenvalue weighted by Crippen LogP contribution is 2.16. The summed E-state index contributed by atoms with van der Waals surface area (Å²) in [6, 6.07) is 0. The Balaban J connectivity index is 2.27. The van der Waals surface area contributed by atoms with Gasteiger partial charge in [0.05, 0.1) is 0 Å². The average Bonchev–Trinajstić information content (AvgIpc) is 2.37. The number of hydrogen-bond acceptors (Lipinski definition) is 4. The third-order valence-corrected chi connectivity index (χ3v) is 2.32. The van der Waals surface area contributed by atoms with Crippen molar-refractivity contribution in [3.8, 4) is 0 Å². The standard InChI is InChI=1S/C6H9ClN2OS/c7-6-9-8-5(11-6)3-1-2-4-10/h10H,1-4H2. The summed E-state index contributed by atoms with van der Waals surface area (Å²) in [6.45, 7) is 0.243. The van der Waals surface area contributed by atoms with E-state index >= 15 is 0 Å². The van der Waals surface area contributed by atoms with Crippen LogP contribution in [0.4, 0.5) is 0 Å². The number of hydrogen-bond donors (Lipinski definition) is 1. The first-order chi connectivity index (χ1) is 5.33. The fourth-order valence-electron chi connectivity index (χ4n) is 0.722. The summed E-state index contributed by atoms with van der Waals surface area (Å²) >= 11 is 6.97. The maximum absolute atomic E-state index is 8.49. The number of nitrogens with zero attached hydrogens (tertiary/aromatic N) is 2. The van der Waals surface area contributed by atoms with Gasteiger partial charge >= 0.3 is 0 Å². The molecule has 1 aromatic rings.